The minimum atomic E-state index is -0.756. The second-order valence-electron chi connectivity index (χ2n) is 7.10. The zero-order valence-corrected chi connectivity index (χ0v) is 17.3. The lowest BCUT2D eigenvalue weighted by Crippen LogP contribution is -2.26. The van der Waals surface area contributed by atoms with Gasteiger partial charge in [0.15, 0.2) is 11.9 Å². The van der Waals surface area contributed by atoms with Gasteiger partial charge in [0.05, 0.1) is 12.2 Å². The Morgan fingerprint density at radius 2 is 1.71 bits per heavy atom. The van der Waals surface area contributed by atoms with E-state index in [4.69, 9.17) is 14.2 Å². The van der Waals surface area contributed by atoms with Gasteiger partial charge in [0.1, 0.15) is 11.5 Å². The van der Waals surface area contributed by atoms with Crippen LogP contribution in [0.25, 0.3) is 17.2 Å². The van der Waals surface area contributed by atoms with E-state index in [0.29, 0.717) is 17.1 Å². The molecule has 1 atom stereocenters. The Morgan fingerprint density at radius 1 is 1.00 bits per heavy atom. The molecule has 0 saturated heterocycles. The van der Waals surface area contributed by atoms with Gasteiger partial charge in [0, 0.05) is 6.07 Å². The maximum absolute atomic E-state index is 12.7. The van der Waals surface area contributed by atoms with Crippen molar-refractivity contribution in [3.8, 4) is 22.6 Å². The lowest BCUT2D eigenvalue weighted by molar-refractivity contribution is -0.150. The summed E-state index contributed by atoms with van der Waals surface area (Å²) < 4.78 is 16.3. The van der Waals surface area contributed by atoms with Gasteiger partial charge in [-0.15, -0.1) is 0 Å². The first kappa shape index (κ1) is 20.4. The van der Waals surface area contributed by atoms with Crippen molar-refractivity contribution in [2.75, 3.05) is 6.61 Å². The van der Waals surface area contributed by atoms with Crippen molar-refractivity contribution in [2.45, 2.75) is 20.0 Å². The normalized spacial score (nSPS) is 14.6. The third kappa shape index (κ3) is 4.51. The smallest absolute Gasteiger partial charge is 0.347 e. The molecule has 4 rings (SSSR count). The first-order valence-electron chi connectivity index (χ1n) is 10.1. The molecule has 0 N–H and O–H groups in total. The Hall–Kier alpha value is -3.86. The maximum atomic E-state index is 12.7. The predicted molar refractivity (Wildman–Crippen MR) is 118 cm³/mol. The summed E-state index contributed by atoms with van der Waals surface area (Å²) in [6, 6.07) is 22.9. The van der Waals surface area contributed by atoms with Crippen molar-refractivity contribution in [1.82, 2.24) is 0 Å². The Labute approximate surface area is 180 Å². The molecule has 0 bridgehead atoms. The van der Waals surface area contributed by atoms with Crippen LogP contribution in [0, 0.1) is 0 Å². The summed E-state index contributed by atoms with van der Waals surface area (Å²) in [6.45, 7) is 3.64. The minimum absolute atomic E-state index is 0.188. The molecule has 0 aliphatic carbocycles. The number of ether oxygens (including phenoxy) is 3. The number of rotatable bonds is 6. The van der Waals surface area contributed by atoms with Crippen LogP contribution in [0.15, 0.2) is 78.6 Å². The third-order valence-corrected chi connectivity index (χ3v) is 4.89. The number of carbonyl (C=O) groups excluding carboxylic acids is 2. The Kier molecular flexibility index (Phi) is 5.85. The molecule has 0 spiro atoms. The molecule has 1 aliphatic heterocycles. The second-order valence-corrected chi connectivity index (χ2v) is 7.10. The van der Waals surface area contributed by atoms with Gasteiger partial charge in [-0.1, -0.05) is 54.6 Å². The maximum Gasteiger partial charge on any atom is 0.347 e. The van der Waals surface area contributed by atoms with E-state index >= 15 is 0 Å². The van der Waals surface area contributed by atoms with E-state index in [1.807, 2.05) is 42.5 Å². The highest BCUT2D eigenvalue weighted by atomic mass is 16.6. The minimum Gasteiger partial charge on any atom is -0.479 e. The highest BCUT2D eigenvalue weighted by Crippen LogP contribution is 2.35. The third-order valence-electron chi connectivity index (χ3n) is 4.89. The van der Waals surface area contributed by atoms with Crippen molar-refractivity contribution in [1.29, 1.82) is 0 Å². The molecule has 1 aliphatic rings. The van der Waals surface area contributed by atoms with Gasteiger partial charge in [-0.25, -0.2) is 4.79 Å². The molecule has 0 unspecified atom stereocenters. The van der Waals surface area contributed by atoms with Crippen molar-refractivity contribution in [3.05, 3.63) is 89.7 Å². The molecule has 0 saturated carbocycles. The van der Waals surface area contributed by atoms with Crippen molar-refractivity contribution >= 4 is 17.8 Å². The summed E-state index contributed by atoms with van der Waals surface area (Å²) in [6.07, 6.45) is 0.965. The zero-order valence-electron chi connectivity index (χ0n) is 17.3. The number of hydrogen-bond donors (Lipinski definition) is 0. The van der Waals surface area contributed by atoms with E-state index in [9.17, 15) is 9.59 Å². The van der Waals surface area contributed by atoms with Crippen LogP contribution < -0.4 is 9.47 Å². The number of benzene rings is 3. The van der Waals surface area contributed by atoms with Crippen LogP contribution in [-0.2, 0) is 9.53 Å². The van der Waals surface area contributed by atoms with Crippen molar-refractivity contribution in [3.63, 3.8) is 0 Å². The number of carbonyl (C=O) groups is 2. The first-order chi connectivity index (χ1) is 15.0. The quantitative estimate of drug-likeness (QED) is 0.405. The number of fused-ring (bicyclic) bond motifs is 1. The van der Waals surface area contributed by atoms with Crippen molar-refractivity contribution in [2.24, 2.45) is 0 Å². The van der Waals surface area contributed by atoms with Crippen LogP contribution in [-0.4, -0.2) is 24.5 Å². The second kappa shape index (κ2) is 8.88. The fourth-order valence-electron chi connectivity index (χ4n) is 3.31. The van der Waals surface area contributed by atoms with E-state index in [2.05, 4.69) is 12.1 Å². The lowest BCUT2D eigenvalue weighted by Gasteiger charge is -2.13. The summed E-state index contributed by atoms with van der Waals surface area (Å²) in [5, 5.41) is 0. The van der Waals surface area contributed by atoms with E-state index in [0.717, 1.165) is 16.7 Å². The van der Waals surface area contributed by atoms with E-state index in [1.54, 1.807) is 38.1 Å². The zero-order chi connectivity index (χ0) is 21.8. The highest BCUT2D eigenvalue weighted by Gasteiger charge is 2.28. The monoisotopic (exact) mass is 414 g/mol. The molecule has 0 amide bonds. The molecule has 5 heteroatoms. The standard InChI is InChI=1S/C26H22O5/c1-3-29-26(28)17(2)30-21-13-14-22-23(16-21)31-24(25(22)27)15-18-9-11-20(12-10-18)19-7-5-4-6-8-19/h4-17H,3H2,1-2H3/b24-15-/t17-/m1/s1. The molecule has 5 nitrogen and oxygen atoms in total. The Bertz CT molecular complexity index is 1130. The van der Waals surface area contributed by atoms with Crippen LogP contribution >= 0.6 is 0 Å². The molecule has 0 radical (unpaired) electrons. The SMILES string of the molecule is CCOC(=O)[C@@H](C)Oc1ccc2c(c1)O/C(=C\c1ccc(-c3ccccc3)cc1)C2=O. The number of Topliss-reactive ketones (excluding diaryl/α,β-unsaturated/α-hetero) is 1. The molecule has 3 aromatic rings. The number of allylic oxidation sites excluding steroid dienone is 1. The predicted octanol–water partition coefficient (Wildman–Crippen LogP) is 5.30. The summed E-state index contributed by atoms with van der Waals surface area (Å²) in [5.41, 5.74) is 3.56. The number of hydrogen-bond acceptors (Lipinski definition) is 5. The topological polar surface area (TPSA) is 61.8 Å². The average molecular weight is 414 g/mol. The first-order valence-corrected chi connectivity index (χ1v) is 10.1. The summed E-state index contributed by atoms with van der Waals surface area (Å²) >= 11 is 0. The largest absolute Gasteiger partial charge is 0.479 e. The lowest BCUT2D eigenvalue weighted by atomic mass is 10.0. The van der Waals surface area contributed by atoms with Crippen LogP contribution in [0.5, 0.6) is 11.5 Å². The van der Waals surface area contributed by atoms with Gasteiger partial charge in [-0.05, 0) is 48.7 Å². The molecule has 31 heavy (non-hydrogen) atoms. The Morgan fingerprint density at radius 3 is 2.42 bits per heavy atom. The summed E-state index contributed by atoms with van der Waals surface area (Å²) in [5.74, 6) is 0.455. The molecule has 3 aromatic carbocycles. The number of ketones is 1. The van der Waals surface area contributed by atoms with Gasteiger partial charge < -0.3 is 14.2 Å². The fraction of sp³-hybridized carbons (Fsp3) is 0.154. The van der Waals surface area contributed by atoms with Gasteiger partial charge in [0.25, 0.3) is 0 Å². The molecule has 156 valence electrons. The van der Waals surface area contributed by atoms with Crippen molar-refractivity contribution < 1.29 is 23.8 Å². The van der Waals surface area contributed by atoms with E-state index < -0.39 is 12.1 Å². The fourth-order valence-corrected chi connectivity index (χ4v) is 3.31. The van der Waals surface area contributed by atoms with Crippen LogP contribution in [0.4, 0.5) is 0 Å². The average Bonchev–Trinajstić information content (AvgIpc) is 3.09. The Balaban J connectivity index is 1.50. The van der Waals surface area contributed by atoms with Crippen LogP contribution in [0.2, 0.25) is 0 Å². The van der Waals surface area contributed by atoms with Crippen LogP contribution in [0.3, 0.4) is 0 Å². The molecular weight excluding hydrogens is 392 g/mol. The molecule has 0 aromatic heterocycles. The van der Waals surface area contributed by atoms with Gasteiger partial charge in [0.2, 0.25) is 5.78 Å². The molecule has 1 heterocycles. The van der Waals surface area contributed by atoms with Crippen LogP contribution in [0.1, 0.15) is 29.8 Å². The highest BCUT2D eigenvalue weighted by molar-refractivity contribution is 6.14. The number of esters is 1. The summed E-state index contributed by atoms with van der Waals surface area (Å²) in [7, 11) is 0. The van der Waals surface area contributed by atoms with E-state index in [-0.39, 0.29) is 18.1 Å². The van der Waals surface area contributed by atoms with E-state index in [1.165, 1.54) is 0 Å². The molecular formula is C26H22O5. The van der Waals surface area contributed by atoms with Gasteiger partial charge >= 0.3 is 5.97 Å². The molecule has 0 fully saturated rings. The van der Waals surface area contributed by atoms with Gasteiger partial charge in [-0.3, -0.25) is 4.79 Å². The van der Waals surface area contributed by atoms with Gasteiger partial charge in [-0.2, -0.15) is 0 Å². The summed E-state index contributed by atoms with van der Waals surface area (Å²) in [4.78, 5) is 24.5.